The highest BCUT2D eigenvalue weighted by Gasteiger charge is 2.24. The fourth-order valence-electron chi connectivity index (χ4n) is 2.48. The number of hydrogen-bond acceptors (Lipinski definition) is 2. The lowest BCUT2D eigenvalue weighted by Crippen LogP contribution is -2.41. The molecule has 0 unspecified atom stereocenters. The zero-order chi connectivity index (χ0) is 14.2. The molecule has 0 aromatic heterocycles. The van der Waals surface area contributed by atoms with E-state index >= 15 is 0 Å². The molecule has 1 N–H and O–H groups in total. The smallest absolute Gasteiger partial charge is 0.251 e. The summed E-state index contributed by atoms with van der Waals surface area (Å²) in [7, 11) is 0. The second-order valence-electron chi connectivity index (χ2n) is 6.42. The van der Waals surface area contributed by atoms with Gasteiger partial charge in [0.1, 0.15) is 6.10 Å². The number of nitrogens with zero attached hydrogens (tertiary/aromatic N) is 1. The maximum Gasteiger partial charge on any atom is 0.251 e. The molecule has 0 fully saturated rings. The van der Waals surface area contributed by atoms with Crippen molar-refractivity contribution in [2.45, 2.75) is 52.2 Å². The number of carbonyl (C=O) groups excluding carboxylic acids is 1. The average Bonchev–Trinajstić information content (AvgIpc) is 2.35. The molecule has 0 saturated heterocycles. The summed E-state index contributed by atoms with van der Waals surface area (Å²) in [5.74, 6) is -0.174. The van der Waals surface area contributed by atoms with Crippen LogP contribution in [-0.2, 0) is 23.2 Å². The predicted molar refractivity (Wildman–Crippen MR) is 75.9 cm³/mol. The van der Waals surface area contributed by atoms with E-state index in [0.29, 0.717) is 13.1 Å². The van der Waals surface area contributed by atoms with Crippen molar-refractivity contribution in [1.82, 2.24) is 4.90 Å². The van der Waals surface area contributed by atoms with Crippen LogP contribution in [0, 0.1) is 0 Å². The molecule has 19 heavy (non-hydrogen) atoms. The topological polar surface area (TPSA) is 40.5 Å². The third-order valence-electron chi connectivity index (χ3n) is 3.75. The van der Waals surface area contributed by atoms with E-state index in [2.05, 4.69) is 39.0 Å². The number of aliphatic hydroxyl groups excluding tert-OH is 1. The van der Waals surface area contributed by atoms with Crippen molar-refractivity contribution in [2.75, 3.05) is 6.54 Å². The maximum absolute atomic E-state index is 11.9. The van der Waals surface area contributed by atoms with Gasteiger partial charge in [-0.25, -0.2) is 0 Å². The molecule has 0 saturated carbocycles. The van der Waals surface area contributed by atoms with Crippen molar-refractivity contribution >= 4 is 5.91 Å². The van der Waals surface area contributed by atoms with Gasteiger partial charge in [0.2, 0.25) is 0 Å². The first-order chi connectivity index (χ1) is 8.79. The number of rotatable bonds is 1. The minimum Gasteiger partial charge on any atom is -0.384 e. The van der Waals surface area contributed by atoms with Gasteiger partial charge in [-0.05, 0) is 35.4 Å². The third-order valence-corrected chi connectivity index (χ3v) is 3.75. The molecule has 1 atom stereocenters. The molecule has 104 valence electrons. The van der Waals surface area contributed by atoms with Crippen molar-refractivity contribution in [3.05, 3.63) is 34.9 Å². The Morgan fingerprint density at radius 3 is 2.58 bits per heavy atom. The van der Waals surface area contributed by atoms with Gasteiger partial charge in [-0.3, -0.25) is 4.79 Å². The van der Waals surface area contributed by atoms with E-state index in [1.165, 1.54) is 23.6 Å². The van der Waals surface area contributed by atoms with Gasteiger partial charge >= 0.3 is 0 Å². The number of carbonyl (C=O) groups is 1. The van der Waals surface area contributed by atoms with E-state index in [0.717, 1.165) is 6.42 Å². The second-order valence-corrected chi connectivity index (χ2v) is 6.42. The lowest BCUT2D eigenvalue weighted by Gasteiger charge is -2.31. The predicted octanol–water partition coefficient (Wildman–Crippen LogP) is 2.25. The van der Waals surface area contributed by atoms with Gasteiger partial charge in [-0.15, -0.1) is 0 Å². The molecule has 3 nitrogen and oxygen atoms in total. The molecule has 3 heteroatoms. The normalized spacial score (nSPS) is 17.0. The minimum absolute atomic E-state index is 0.117. The number of hydrogen-bond donors (Lipinski definition) is 1. The van der Waals surface area contributed by atoms with Crippen LogP contribution in [0.3, 0.4) is 0 Å². The molecule has 1 amide bonds. The molecule has 1 aromatic rings. The van der Waals surface area contributed by atoms with Crippen LogP contribution in [0.2, 0.25) is 0 Å². The minimum atomic E-state index is -0.910. The number of benzene rings is 1. The van der Waals surface area contributed by atoms with E-state index < -0.39 is 6.10 Å². The van der Waals surface area contributed by atoms with E-state index in [9.17, 15) is 9.90 Å². The Morgan fingerprint density at radius 1 is 1.32 bits per heavy atom. The maximum atomic E-state index is 11.9. The first kappa shape index (κ1) is 14.1. The third kappa shape index (κ3) is 2.98. The Hall–Kier alpha value is -1.35. The Morgan fingerprint density at radius 2 is 2.00 bits per heavy atom. The van der Waals surface area contributed by atoms with Crippen LogP contribution in [0.15, 0.2) is 18.2 Å². The highest BCUT2D eigenvalue weighted by Crippen LogP contribution is 2.27. The molecule has 1 aromatic carbocycles. The van der Waals surface area contributed by atoms with Crippen LogP contribution in [0.25, 0.3) is 0 Å². The summed E-state index contributed by atoms with van der Waals surface area (Å²) >= 11 is 0. The second kappa shape index (κ2) is 4.97. The number of aliphatic hydroxyl groups is 1. The largest absolute Gasteiger partial charge is 0.384 e. The highest BCUT2D eigenvalue weighted by molar-refractivity contribution is 5.80. The zero-order valence-corrected chi connectivity index (χ0v) is 12.2. The lowest BCUT2D eigenvalue weighted by atomic mass is 9.84. The van der Waals surface area contributed by atoms with Gasteiger partial charge in [0.25, 0.3) is 5.91 Å². The summed E-state index contributed by atoms with van der Waals surface area (Å²) < 4.78 is 0. The zero-order valence-electron chi connectivity index (χ0n) is 12.2. The summed E-state index contributed by atoms with van der Waals surface area (Å²) in [5, 5.41) is 9.41. The van der Waals surface area contributed by atoms with E-state index in [1.54, 1.807) is 4.90 Å². The van der Waals surface area contributed by atoms with Crippen molar-refractivity contribution in [3.8, 4) is 0 Å². The Kier molecular flexibility index (Phi) is 3.68. The number of amides is 1. The van der Waals surface area contributed by atoms with Gasteiger partial charge in [0.05, 0.1) is 0 Å². The summed E-state index contributed by atoms with van der Waals surface area (Å²) in [6, 6.07) is 6.57. The van der Waals surface area contributed by atoms with Gasteiger partial charge in [0.15, 0.2) is 0 Å². The standard InChI is InChI=1S/C16H23NO2/c1-11(18)15(19)17-8-7-12-5-6-14(16(2,3)4)9-13(12)10-17/h5-6,9,11,18H,7-8,10H2,1-4H3/t11-/m1/s1. The van der Waals surface area contributed by atoms with Crippen LogP contribution >= 0.6 is 0 Å². The van der Waals surface area contributed by atoms with E-state index in [4.69, 9.17) is 0 Å². The summed E-state index contributed by atoms with van der Waals surface area (Å²) in [6.45, 7) is 9.42. The van der Waals surface area contributed by atoms with Crippen molar-refractivity contribution in [2.24, 2.45) is 0 Å². The van der Waals surface area contributed by atoms with Gasteiger partial charge in [0, 0.05) is 13.1 Å². The quantitative estimate of drug-likeness (QED) is 0.842. The van der Waals surface area contributed by atoms with E-state index in [-0.39, 0.29) is 11.3 Å². The Labute approximate surface area is 115 Å². The fraction of sp³-hybridized carbons (Fsp3) is 0.562. The molecule has 0 spiro atoms. The molecule has 0 radical (unpaired) electrons. The highest BCUT2D eigenvalue weighted by atomic mass is 16.3. The summed E-state index contributed by atoms with van der Waals surface area (Å²) in [5.41, 5.74) is 3.94. The first-order valence-corrected chi connectivity index (χ1v) is 6.88. The number of fused-ring (bicyclic) bond motifs is 1. The summed E-state index contributed by atoms with van der Waals surface area (Å²) in [6.07, 6.45) is -0.0366. The van der Waals surface area contributed by atoms with E-state index in [1.807, 2.05) is 0 Å². The van der Waals surface area contributed by atoms with Crippen LogP contribution in [0.1, 0.15) is 44.4 Å². The average molecular weight is 261 g/mol. The fourth-order valence-corrected chi connectivity index (χ4v) is 2.48. The molecule has 0 bridgehead atoms. The molecule has 0 aliphatic carbocycles. The van der Waals surface area contributed by atoms with Gasteiger partial charge in [-0.1, -0.05) is 39.0 Å². The summed E-state index contributed by atoms with van der Waals surface area (Å²) in [4.78, 5) is 13.6. The molecular weight excluding hydrogens is 238 g/mol. The Bertz CT molecular complexity index is 486. The first-order valence-electron chi connectivity index (χ1n) is 6.88. The van der Waals surface area contributed by atoms with Crippen molar-refractivity contribution < 1.29 is 9.90 Å². The van der Waals surface area contributed by atoms with Crippen LogP contribution in [0.5, 0.6) is 0 Å². The van der Waals surface area contributed by atoms with Crippen LogP contribution < -0.4 is 0 Å². The molecule has 1 aliphatic heterocycles. The molecule has 2 rings (SSSR count). The molecular formula is C16H23NO2. The van der Waals surface area contributed by atoms with Gasteiger partial charge < -0.3 is 10.0 Å². The molecule has 1 heterocycles. The van der Waals surface area contributed by atoms with Crippen molar-refractivity contribution in [3.63, 3.8) is 0 Å². The molecule has 1 aliphatic rings. The Balaban J connectivity index is 2.26. The SMILES string of the molecule is C[C@@H](O)C(=O)N1CCc2ccc(C(C)(C)C)cc2C1. The van der Waals surface area contributed by atoms with Crippen molar-refractivity contribution in [1.29, 1.82) is 0 Å². The monoisotopic (exact) mass is 261 g/mol. The van der Waals surface area contributed by atoms with Crippen LogP contribution in [0.4, 0.5) is 0 Å². The lowest BCUT2D eigenvalue weighted by molar-refractivity contribution is -0.140. The van der Waals surface area contributed by atoms with Gasteiger partial charge in [-0.2, -0.15) is 0 Å². The van der Waals surface area contributed by atoms with Crippen LogP contribution in [-0.4, -0.2) is 28.6 Å².